The van der Waals surface area contributed by atoms with Crippen molar-refractivity contribution in [1.29, 1.82) is 0 Å². The first kappa shape index (κ1) is 17.9. The minimum absolute atomic E-state index is 0.218. The van der Waals surface area contributed by atoms with Crippen LogP contribution in [0, 0.1) is 5.82 Å². The summed E-state index contributed by atoms with van der Waals surface area (Å²) in [4.78, 5) is 4.15. The van der Waals surface area contributed by atoms with Crippen LogP contribution in [0.5, 0.6) is 0 Å². The lowest BCUT2D eigenvalue weighted by atomic mass is 10.1. The van der Waals surface area contributed by atoms with Crippen molar-refractivity contribution in [2.75, 3.05) is 26.2 Å². The van der Waals surface area contributed by atoms with Crippen LogP contribution in [0.15, 0.2) is 48.5 Å². The quantitative estimate of drug-likeness (QED) is 0.763. The molecular weight excluding hydrogens is 332 g/mol. The van der Waals surface area contributed by atoms with Gasteiger partial charge >= 0.3 is 6.18 Å². The number of halogens is 4. The van der Waals surface area contributed by atoms with E-state index in [1.165, 1.54) is 18.2 Å². The monoisotopic (exact) mass is 352 g/mol. The molecule has 0 amide bonds. The molecule has 134 valence electrons. The van der Waals surface area contributed by atoms with Crippen molar-refractivity contribution in [1.82, 2.24) is 9.80 Å². The topological polar surface area (TPSA) is 6.48 Å². The Hall–Kier alpha value is -1.92. The molecule has 0 N–H and O–H groups in total. The van der Waals surface area contributed by atoms with Gasteiger partial charge < -0.3 is 0 Å². The van der Waals surface area contributed by atoms with Crippen LogP contribution < -0.4 is 0 Å². The molecule has 0 aliphatic carbocycles. The molecule has 0 bridgehead atoms. The van der Waals surface area contributed by atoms with Gasteiger partial charge in [0.2, 0.25) is 0 Å². The number of benzene rings is 2. The first-order valence-corrected chi connectivity index (χ1v) is 8.27. The van der Waals surface area contributed by atoms with E-state index in [1.807, 2.05) is 11.0 Å². The van der Waals surface area contributed by atoms with Gasteiger partial charge in [-0.25, -0.2) is 4.39 Å². The van der Waals surface area contributed by atoms with Crippen molar-refractivity contribution in [3.63, 3.8) is 0 Å². The summed E-state index contributed by atoms with van der Waals surface area (Å²) < 4.78 is 53.0. The van der Waals surface area contributed by atoms with E-state index in [4.69, 9.17) is 0 Å². The Labute approximate surface area is 144 Å². The predicted octanol–water partition coefficient (Wildman–Crippen LogP) is 4.16. The van der Waals surface area contributed by atoms with Crippen molar-refractivity contribution in [2.45, 2.75) is 19.3 Å². The van der Waals surface area contributed by atoms with E-state index in [1.54, 1.807) is 18.2 Å². The van der Waals surface area contributed by atoms with Gasteiger partial charge in [0.25, 0.3) is 0 Å². The zero-order chi connectivity index (χ0) is 17.9. The van der Waals surface area contributed by atoms with E-state index < -0.39 is 11.7 Å². The third kappa shape index (κ3) is 4.58. The Balaban J connectivity index is 1.58. The Morgan fingerprint density at radius 1 is 0.720 bits per heavy atom. The number of hydrogen-bond donors (Lipinski definition) is 0. The standard InChI is InChI=1S/C19H20F4N2/c20-18-8-4-2-6-16(18)14-25-11-9-24(10-12-25)13-15-5-1-3-7-17(15)19(21,22)23/h1-8H,9-14H2. The summed E-state index contributed by atoms with van der Waals surface area (Å²) in [6, 6.07) is 12.4. The molecule has 0 aromatic heterocycles. The normalized spacial score (nSPS) is 17.0. The highest BCUT2D eigenvalue weighted by Crippen LogP contribution is 2.32. The van der Waals surface area contributed by atoms with Crippen LogP contribution in [0.3, 0.4) is 0 Å². The summed E-state index contributed by atoms with van der Waals surface area (Å²) in [5.74, 6) is -0.218. The minimum Gasteiger partial charge on any atom is -0.297 e. The molecule has 0 saturated carbocycles. The average Bonchev–Trinajstić information content (AvgIpc) is 2.58. The number of alkyl halides is 3. The molecule has 1 aliphatic rings. The molecule has 1 heterocycles. The second-order valence-electron chi connectivity index (χ2n) is 6.30. The Kier molecular flexibility index (Phi) is 5.39. The summed E-state index contributed by atoms with van der Waals surface area (Å²) in [6.45, 7) is 3.56. The fraction of sp³-hybridized carbons (Fsp3) is 0.368. The molecule has 2 nitrogen and oxygen atoms in total. The maximum Gasteiger partial charge on any atom is 0.416 e. The molecule has 0 spiro atoms. The van der Waals surface area contributed by atoms with Gasteiger partial charge in [0.1, 0.15) is 5.82 Å². The Bertz CT molecular complexity index is 707. The molecule has 2 aromatic carbocycles. The van der Waals surface area contributed by atoms with E-state index >= 15 is 0 Å². The highest BCUT2D eigenvalue weighted by Gasteiger charge is 2.33. The summed E-state index contributed by atoms with van der Waals surface area (Å²) in [5, 5.41) is 0. The van der Waals surface area contributed by atoms with E-state index in [0.29, 0.717) is 43.9 Å². The zero-order valence-corrected chi connectivity index (χ0v) is 13.8. The van der Waals surface area contributed by atoms with Crippen LogP contribution in [0.2, 0.25) is 0 Å². The average molecular weight is 352 g/mol. The molecular formula is C19H20F4N2. The second kappa shape index (κ2) is 7.54. The summed E-state index contributed by atoms with van der Waals surface area (Å²) in [5.41, 5.74) is 0.389. The molecule has 0 unspecified atom stereocenters. The maximum atomic E-state index is 13.7. The van der Waals surface area contributed by atoms with Gasteiger partial charge in [-0.1, -0.05) is 36.4 Å². The van der Waals surface area contributed by atoms with E-state index in [0.717, 1.165) is 6.07 Å². The Morgan fingerprint density at radius 3 is 1.76 bits per heavy atom. The minimum atomic E-state index is -4.33. The van der Waals surface area contributed by atoms with Crippen molar-refractivity contribution in [3.8, 4) is 0 Å². The maximum absolute atomic E-state index is 13.7. The largest absolute Gasteiger partial charge is 0.416 e. The number of piperazine rings is 1. The number of rotatable bonds is 4. The first-order valence-electron chi connectivity index (χ1n) is 8.27. The summed E-state index contributed by atoms with van der Waals surface area (Å²) in [7, 11) is 0. The van der Waals surface area contributed by atoms with Crippen LogP contribution in [-0.4, -0.2) is 36.0 Å². The zero-order valence-electron chi connectivity index (χ0n) is 13.8. The molecule has 1 fully saturated rings. The van der Waals surface area contributed by atoms with Crippen molar-refractivity contribution >= 4 is 0 Å². The van der Waals surface area contributed by atoms with Crippen LogP contribution in [0.4, 0.5) is 17.6 Å². The SMILES string of the molecule is Fc1ccccc1CN1CCN(Cc2ccccc2C(F)(F)F)CC1. The third-order valence-corrected chi connectivity index (χ3v) is 4.53. The smallest absolute Gasteiger partial charge is 0.297 e. The number of hydrogen-bond acceptors (Lipinski definition) is 2. The van der Waals surface area contributed by atoms with Gasteiger partial charge in [-0.05, 0) is 17.7 Å². The van der Waals surface area contributed by atoms with Crippen LogP contribution in [0.25, 0.3) is 0 Å². The number of nitrogens with zero attached hydrogens (tertiary/aromatic N) is 2. The highest BCUT2D eigenvalue weighted by molar-refractivity contribution is 5.29. The van der Waals surface area contributed by atoms with Gasteiger partial charge in [-0.2, -0.15) is 13.2 Å². The molecule has 1 aliphatic heterocycles. The Morgan fingerprint density at radius 2 is 1.20 bits per heavy atom. The second-order valence-corrected chi connectivity index (χ2v) is 6.30. The molecule has 2 aromatic rings. The van der Waals surface area contributed by atoms with Crippen molar-refractivity contribution in [2.24, 2.45) is 0 Å². The predicted molar refractivity (Wildman–Crippen MR) is 88.4 cm³/mol. The highest BCUT2D eigenvalue weighted by atomic mass is 19.4. The van der Waals surface area contributed by atoms with Gasteiger partial charge in [-0.3, -0.25) is 9.80 Å². The fourth-order valence-corrected chi connectivity index (χ4v) is 3.15. The molecule has 3 rings (SSSR count). The molecule has 0 radical (unpaired) electrons. The van der Waals surface area contributed by atoms with E-state index in [-0.39, 0.29) is 12.4 Å². The van der Waals surface area contributed by atoms with Gasteiger partial charge in [0.05, 0.1) is 5.56 Å². The fourth-order valence-electron chi connectivity index (χ4n) is 3.15. The van der Waals surface area contributed by atoms with Gasteiger partial charge in [-0.15, -0.1) is 0 Å². The van der Waals surface area contributed by atoms with E-state index in [9.17, 15) is 17.6 Å². The molecule has 1 saturated heterocycles. The van der Waals surface area contributed by atoms with Crippen LogP contribution in [-0.2, 0) is 19.3 Å². The van der Waals surface area contributed by atoms with Crippen molar-refractivity contribution < 1.29 is 17.6 Å². The van der Waals surface area contributed by atoms with Gasteiger partial charge in [0.15, 0.2) is 0 Å². The lowest BCUT2D eigenvalue weighted by molar-refractivity contribution is -0.138. The van der Waals surface area contributed by atoms with Crippen LogP contribution >= 0.6 is 0 Å². The molecule has 0 atom stereocenters. The van der Waals surface area contributed by atoms with Crippen LogP contribution in [0.1, 0.15) is 16.7 Å². The van der Waals surface area contributed by atoms with Crippen molar-refractivity contribution in [3.05, 3.63) is 71.0 Å². The lowest BCUT2D eigenvalue weighted by Gasteiger charge is -2.35. The lowest BCUT2D eigenvalue weighted by Crippen LogP contribution is -2.45. The van der Waals surface area contributed by atoms with E-state index in [2.05, 4.69) is 4.90 Å². The molecule has 6 heteroatoms. The summed E-state index contributed by atoms with van der Waals surface area (Å²) in [6.07, 6.45) is -4.33. The molecule has 25 heavy (non-hydrogen) atoms. The van der Waals surface area contributed by atoms with Gasteiger partial charge in [0, 0.05) is 44.8 Å². The summed E-state index contributed by atoms with van der Waals surface area (Å²) >= 11 is 0. The first-order chi connectivity index (χ1) is 11.9. The third-order valence-electron chi connectivity index (χ3n) is 4.53.